The molecule has 0 radical (unpaired) electrons. The molecule has 0 unspecified atom stereocenters. The lowest BCUT2D eigenvalue weighted by molar-refractivity contribution is 0.102. The number of benzene rings is 2. The Balaban J connectivity index is 1.59. The molecule has 0 bridgehead atoms. The van der Waals surface area contributed by atoms with Crippen LogP contribution in [0.3, 0.4) is 0 Å². The number of nitrogens with zero attached hydrogens (tertiary/aromatic N) is 2. The molecule has 0 fully saturated rings. The zero-order valence-electron chi connectivity index (χ0n) is 12.4. The Morgan fingerprint density at radius 1 is 1.12 bits per heavy atom. The number of nitrogens with one attached hydrogen (secondary N) is 1. The first kappa shape index (κ1) is 16.9. The van der Waals surface area contributed by atoms with Crippen molar-refractivity contribution in [3.63, 3.8) is 0 Å². The van der Waals surface area contributed by atoms with Gasteiger partial charge < -0.3 is 11.1 Å². The number of carbonyl (C=O) groups excluding carboxylic acids is 1. The topological polar surface area (TPSA) is 80.9 Å². The normalized spacial score (nSPS) is 10.5. The van der Waals surface area contributed by atoms with Gasteiger partial charge >= 0.3 is 0 Å². The number of aromatic nitrogens is 2. The van der Waals surface area contributed by atoms with Crippen LogP contribution in [0.2, 0.25) is 0 Å². The van der Waals surface area contributed by atoms with Crippen LogP contribution in [0.4, 0.5) is 10.8 Å². The maximum atomic E-state index is 12.2. The quantitative estimate of drug-likeness (QED) is 0.596. The van der Waals surface area contributed by atoms with Crippen LogP contribution in [0.15, 0.2) is 57.3 Å². The number of hydrogen-bond donors (Lipinski definition) is 2. The second-order valence-corrected chi connectivity index (χ2v) is 8.00. The minimum absolute atomic E-state index is 0.131. The van der Waals surface area contributed by atoms with Gasteiger partial charge in [-0.1, -0.05) is 51.2 Å². The van der Waals surface area contributed by atoms with E-state index < -0.39 is 0 Å². The number of nitrogens with two attached hydrogens (primary N) is 1. The van der Waals surface area contributed by atoms with Crippen molar-refractivity contribution in [1.29, 1.82) is 0 Å². The Morgan fingerprint density at radius 3 is 2.46 bits per heavy atom. The average Bonchev–Trinajstić information content (AvgIpc) is 3.01. The fourth-order valence-electron chi connectivity index (χ4n) is 1.91. The monoisotopic (exact) mass is 420 g/mol. The molecule has 0 saturated heterocycles. The third-order valence-corrected chi connectivity index (χ3v) is 5.59. The van der Waals surface area contributed by atoms with Crippen molar-refractivity contribution in [3.8, 4) is 0 Å². The van der Waals surface area contributed by atoms with Crippen molar-refractivity contribution >= 4 is 55.8 Å². The van der Waals surface area contributed by atoms with Gasteiger partial charge in [-0.15, -0.1) is 10.2 Å². The van der Waals surface area contributed by atoms with Crippen LogP contribution in [0.25, 0.3) is 0 Å². The predicted octanol–water partition coefficient (Wildman–Crippen LogP) is 4.43. The molecule has 3 rings (SSSR count). The minimum Gasteiger partial charge on any atom is -0.374 e. The van der Waals surface area contributed by atoms with E-state index in [1.165, 1.54) is 11.3 Å². The van der Waals surface area contributed by atoms with Gasteiger partial charge in [0.25, 0.3) is 5.91 Å². The molecule has 24 heavy (non-hydrogen) atoms. The molecule has 0 saturated carbocycles. The molecule has 1 heterocycles. The van der Waals surface area contributed by atoms with Crippen LogP contribution in [0, 0.1) is 0 Å². The summed E-state index contributed by atoms with van der Waals surface area (Å²) in [6.45, 7) is 0. The molecule has 0 aliphatic heterocycles. The average molecular weight is 421 g/mol. The highest BCUT2D eigenvalue weighted by molar-refractivity contribution is 9.10. The molecule has 2 aromatic carbocycles. The maximum Gasteiger partial charge on any atom is 0.255 e. The Hall–Kier alpha value is -1.90. The van der Waals surface area contributed by atoms with E-state index in [4.69, 9.17) is 5.73 Å². The van der Waals surface area contributed by atoms with Gasteiger partial charge in [0, 0.05) is 21.5 Å². The van der Waals surface area contributed by atoms with Gasteiger partial charge in [-0.25, -0.2) is 0 Å². The van der Waals surface area contributed by atoms with Crippen molar-refractivity contribution in [2.75, 3.05) is 11.1 Å². The first-order valence-electron chi connectivity index (χ1n) is 6.98. The number of thioether (sulfide) groups is 1. The lowest BCUT2D eigenvalue weighted by Crippen LogP contribution is -2.11. The van der Waals surface area contributed by atoms with Crippen LogP contribution in [-0.4, -0.2) is 16.1 Å². The highest BCUT2D eigenvalue weighted by Gasteiger charge is 2.07. The van der Waals surface area contributed by atoms with Gasteiger partial charge in [-0.3, -0.25) is 4.79 Å². The molecular formula is C16H13BrN4OS2. The van der Waals surface area contributed by atoms with Gasteiger partial charge in [0.05, 0.1) is 0 Å². The van der Waals surface area contributed by atoms with Gasteiger partial charge in [0.1, 0.15) is 0 Å². The summed E-state index contributed by atoms with van der Waals surface area (Å²) in [6.07, 6.45) is 0. The van der Waals surface area contributed by atoms with E-state index in [0.29, 0.717) is 10.7 Å². The van der Waals surface area contributed by atoms with Gasteiger partial charge in [0.15, 0.2) is 4.34 Å². The zero-order valence-corrected chi connectivity index (χ0v) is 15.6. The smallest absolute Gasteiger partial charge is 0.255 e. The van der Waals surface area contributed by atoms with Crippen molar-refractivity contribution < 1.29 is 4.79 Å². The van der Waals surface area contributed by atoms with E-state index >= 15 is 0 Å². The zero-order chi connectivity index (χ0) is 16.9. The fourth-order valence-corrected chi connectivity index (χ4v) is 3.77. The molecule has 3 N–H and O–H groups in total. The van der Waals surface area contributed by atoms with Gasteiger partial charge in [0.2, 0.25) is 5.13 Å². The molecule has 0 aliphatic carbocycles. The molecule has 1 aromatic heterocycles. The second-order valence-electron chi connectivity index (χ2n) is 4.85. The number of carbonyl (C=O) groups is 1. The largest absolute Gasteiger partial charge is 0.374 e. The first-order valence-corrected chi connectivity index (χ1v) is 9.57. The predicted molar refractivity (Wildman–Crippen MR) is 102 cm³/mol. The summed E-state index contributed by atoms with van der Waals surface area (Å²) in [5.74, 6) is 0.622. The molecule has 1 amide bonds. The minimum atomic E-state index is -0.131. The van der Waals surface area contributed by atoms with E-state index in [1.807, 2.05) is 48.5 Å². The van der Waals surface area contributed by atoms with Crippen molar-refractivity contribution in [2.24, 2.45) is 0 Å². The first-order chi connectivity index (χ1) is 11.6. The molecule has 122 valence electrons. The Labute approximate surface area is 155 Å². The second kappa shape index (κ2) is 7.78. The fraction of sp³-hybridized carbons (Fsp3) is 0.0625. The highest BCUT2D eigenvalue weighted by Crippen LogP contribution is 2.27. The lowest BCUT2D eigenvalue weighted by atomic mass is 10.1. The Morgan fingerprint density at radius 2 is 1.83 bits per heavy atom. The summed E-state index contributed by atoms with van der Waals surface area (Å²) >= 11 is 6.31. The van der Waals surface area contributed by atoms with Crippen LogP contribution in [0.5, 0.6) is 0 Å². The summed E-state index contributed by atoms with van der Waals surface area (Å²) in [5.41, 5.74) is 8.04. The molecule has 0 atom stereocenters. The van der Waals surface area contributed by atoms with Crippen LogP contribution < -0.4 is 11.1 Å². The summed E-state index contributed by atoms with van der Waals surface area (Å²) in [6, 6.07) is 15.0. The molecule has 8 heteroatoms. The van der Waals surface area contributed by atoms with Crippen LogP contribution in [0.1, 0.15) is 15.9 Å². The third-order valence-electron chi connectivity index (χ3n) is 3.10. The molecule has 5 nitrogen and oxygen atoms in total. The summed E-state index contributed by atoms with van der Waals surface area (Å²) in [7, 11) is 0. The summed E-state index contributed by atoms with van der Waals surface area (Å²) in [4.78, 5) is 12.2. The summed E-state index contributed by atoms with van der Waals surface area (Å²) in [5, 5.41) is 11.1. The molecule has 0 aliphatic rings. The van der Waals surface area contributed by atoms with Gasteiger partial charge in [-0.2, -0.15) is 0 Å². The van der Waals surface area contributed by atoms with Crippen LogP contribution >= 0.6 is 39.0 Å². The SMILES string of the molecule is Nc1nnc(SCc2ccc(C(=O)Nc3ccc(Br)cc3)cc2)s1. The molecule has 0 spiro atoms. The highest BCUT2D eigenvalue weighted by atomic mass is 79.9. The van der Waals surface area contributed by atoms with E-state index in [1.54, 1.807) is 11.8 Å². The molecular weight excluding hydrogens is 408 g/mol. The number of anilines is 2. The summed E-state index contributed by atoms with van der Waals surface area (Å²) < 4.78 is 1.81. The van der Waals surface area contributed by atoms with Crippen LogP contribution in [-0.2, 0) is 5.75 Å². The number of amides is 1. The lowest BCUT2D eigenvalue weighted by Gasteiger charge is -2.06. The number of halogens is 1. The van der Waals surface area contributed by atoms with Crippen molar-refractivity contribution in [3.05, 3.63) is 64.1 Å². The maximum absolute atomic E-state index is 12.2. The Kier molecular flexibility index (Phi) is 5.49. The number of hydrogen-bond acceptors (Lipinski definition) is 6. The Bertz CT molecular complexity index is 834. The van der Waals surface area contributed by atoms with Crippen molar-refractivity contribution in [2.45, 2.75) is 10.1 Å². The van der Waals surface area contributed by atoms with E-state index in [9.17, 15) is 4.79 Å². The third kappa shape index (κ3) is 4.56. The van der Waals surface area contributed by atoms with Gasteiger partial charge in [-0.05, 0) is 42.0 Å². The molecule has 3 aromatic rings. The van der Waals surface area contributed by atoms with E-state index in [0.717, 1.165) is 25.8 Å². The number of rotatable bonds is 5. The number of nitrogen functional groups attached to an aromatic ring is 1. The van der Waals surface area contributed by atoms with Crippen molar-refractivity contribution in [1.82, 2.24) is 10.2 Å². The standard InChI is InChI=1S/C16H13BrN4OS2/c17-12-5-7-13(8-6-12)19-14(22)11-3-1-10(2-4-11)9-23-16-21-20-15(18)24-16/h1-8H,9H2,(H2,18,20)(H,19,22). The van der Waals surface area contributed by atoms with E-state index in [2.05, 4.69) is 31.4 Å². The van der Waals surface area contributed by atoms with E-state index in [-0.39, 0.29) is 5.91 Å².